The van der Waals surface area contributed by atoms with Crippen molar-refractivity contribution < 1.29 is 19.1 Å². The molecule has 0 saturated carbocycles. The third-order valence-electron chi connectivity index (χ3n) is 2.39. The van der Waals surface area contributed by atoms with Crippen molar-refractivity contribution >= 4 is 39.4 Å². The number of likely N-dealkylation sites (N-methyl/N-ethyl adjacent to an activating group) is 1. The van der Waals surface area contributed by atoms with E-state index < -0.39 is 18.5 Å². The highest BCUT2D eigenvalue weighted by Gasteiger charge is 2.14. The van der Waals surface area contributed by atoms with Crippen LogP contribution in [-0.4, -0.2) is 37.5 Å². The van der Waals surface area contributed by atoms with E-state index >= 15 is 0 Å². The van der Waals surface area contributed by atoms with Crippen molar-refractivity contribution in [2.24, 2.45) is 0 Å². The molecular formula is C13H16BrN3O4. The van der Waals surface area contributed by atoms with Gasteiger partial charge in [0.2, 0.25) is 5.91 Å². The van der Waals surface area contributed by atoms with E-state index in [4.69, 9.17) is 10.5 Å². The molecule has 4 N–H and O–H groups in total. The molecule has 0 unspecified atom stereocenters. The largest absolute Gasteiger partial charge is 0.452 e. The highest BCUT2D eigenvalue weighted by Crippen LogP contribution is 2.19. The summed E-state index contributed by atoms with van der Waals surface area (Å²) in [4.78, 5) is 34.3. The number of benzene rings is 1. The van der Waals surface area contributed by atoms with Crippen LogP contribution >= 0.6 is 15.9 Å². The van der Waals surface area contributed by atoms with Crippen molar-refractivity contribution in [2.75, 3.05) is 25.4 Å². The highest BCUT2D eigenvalue weighted by atomic mass is 79.9. The molecule has 8 heteroatoms. The molecule has 1 aromatic rings. The smallest absolute Gasteiger partial charge is 0.340 e. The molecular weight excluding hydrogens is 342 g/mol. The van der Waals surface area contributed by atoms with Gasteiger partial charge in [-0.15, -0.1) is 0 Å². The average molecular weight is 358 g/mol. The Morgan fingerprint density at radius 1 is 1.24 bits per heavy atom. The van der Waals surface area contributed by atoms with Gasteiger partial charge in [0.05, 0.1) is 12.1 Å². The van der Waals surface area contributed by atoms with Crippen LogP contribution in [0.25, 0.3) is 0 Å². The van der Waals surface area contributed by atoms with Crippen molar-refractivity contribution in [3.05, 3.63) is 28.2 Å². The molecule has 21 heavy (non-hydrogen) atoms. The van der Waals surface area contributed by atoms with Crippen molar-refractivity contribution in [1.29, 1.82) is 0 Å². The van der Waals surface area contributed by atoms with Gasteiger partial charge in [-0.2, -0.15) is 0 Å². The maximum absolute atomic E-state index is 11.8. The Balaban J connectivity index is 2.44. The molecule has 1 aromatic carbocycles. The zero-order valence-electron chi connectivity index (χ0n) is 11.4. The normalized spacial score (nSPS) is 9.81. The van der Waals surface area contributed by atoms with E-state index in [0.29, 0.717) is 11.0 Å². The molecule has 1 rings (SSSR count). The molecule has 0 spiro atoms. The fraction of sp³-hybridized carbons (Fsp3) is 0.308. The van der Waals surface area contributed by atoms with E-state index in [1.807, 2.05) is 0 Å². The lowest BCUT2D eigenvalue weighted by molar-refractivity contribution is -0.127. The number of carbonyl (C=O) groups excluding carboxylic acids is 3. The summed E-state index contributed by atoms with van der Waals surface area (Å²) in [6.45, 7) is 1.60. The van der Waals surface area contributed by atoms with Gasteiger partial charge in [0.1, 0.15) is 0 Å². The van der Waals surface area contributed by atoms with Gasteiger partial charge in [-0.3, -0.25) is 9.59 Å². The maximum atomic E-state index is 11.8. The minimum atomic E-state index is -0.707. The number of esters is 1. The Hall–Kier alpha value is -2.09. The summed E-state index contributed by atoms with van der Waals surface area (Å²) in [7, 11) is 0. The van der Waals surface area contributed by atoms with Crippen LogP contribution in [0, 0.1) is 0 Å². The quantitative estimate of drug-likeness (QED) is 0.505. The Labute approximate surface area is 130 Å². The third kappa shape index (κ3) is 5.82. The summed E-state index contributed by atoms with van der Waals surface area (Å²) in [6.07, 6.45) is 0. The van der Waals surface area contributed by atoms with Crippen LogP contribution in [0.1, 0.15) is 17.3 Å². The first-order valence-electron chi connectivity index (χ1n) is 6.19. The molecule has 2 amide bonds. The number of nitrogen functional groups attached to an aromatic ring is 1. The number of nitrogens with two attached hydrogens (primary N) is 1. The Morgan fingerprint density at radius 3 is 2.62 bits per heavy atom. The molecule has 0 fully saturated rings. The van der Waals surface area contributed by atoms with Gasteiger partial charge in [-0.05, 0) is 25.1 Å². The second-order valence-corrected chi connectivity index (χ2v) is 4.95. The molecule has 0 aliphatic rings. The van der Waals surface area contributed by atoms with Crippen LogP contribution in [0.15, 0.2) is 22.7 Å². The average Bonchev–Trinajstić information content (AvgIpc) is 2.45. The summed E-state index contributed by atoms with van der Waals surface area (Å²) in [5.41, 5.74) is 6.08. The number of rotatable bonds is 6. The predicted octanol–water partition coefficient (Wildman–Crippen LogP) is 0.440. The number of hydrogen-bond acceptors (Lipinski definition) is 5. The van der Waals surface area contributed by atoms with Crippen LogP contribution in [0.5, 0.6) is 0 Å². The van der Waals surface area contributed by atoms with Gasteiger partial charge in [0.15, 0.2) is 6.61 Å². The lowest BCUT2D eigenvalue weighted by Crippen LogP contribution is -2.38. The summed E-state index contributed by atoms with van der Waals surface area (Å²) < 4.78 is 5.51. The van der Waals surface area contributed by atoms with Gasteiger partial charge in [0.25, 0.3) is 5.91 Å². The van der Waals surface area contributed by atoms with Crippen molar-refractivity contribution in [3.8, 4) is 0 Å². The van der Waals surface area contributed by atoms with Crippen LogP contribution in [0.4, 0.5) is 5.69 Å². The first-order valence-corrected chi connectivity index (χ1v) is 6.99. The Morgan fingerprint density at radius 2 is 1.95 bits per heavy atom. The predicted molar refractivity (Wildman–Crippen MR) is 80.5 cm³/mol. The minimum absolute atomic E-state index is 0.163. The van der Waals surface area contributed by atoms with Gasteiger partial charge in [-0.25, -0.2) is 4.79 Å². The van der Waals surface area contributed by atoms with E-state index in [-0.39, 0.29) is 23.7 Å². The van der Waals surface area contributed by atoms with Gasteiger partial charge < -0.3 is 21.1 Å². The van der Waals surface area contributed by atoms with Gasteiger partial charge in [0, 0.05) is 16.7 Å². The fourth-order valence-corrected chi connectivity index (χ4v) is 1.76. The van der Waals surface area contributed by atoms with Gasteiger partial charge in [-0.1, -0.05) is 15.9 Å². The lowest BCUT2D eigenvalue weighted by Gasteiger charge is -2.08. The van der Waals surface area contributed by atoms with Crippen LogP contribution in [-0.2, 0) is 14.3 Å². The number of nitrogens with one attached hydrogen (secondary N) is 2. The van der Waals surface area contributed by atoms with Crippen LogP contribution in [0.2, 0.25) is 0 Å². The number of hydrogen-bond donors (Lipinski definition) is 3. The zero-order chi connectivity index (χ0) is 15.8. The number of amides is 2. The molecule has 0 aromatic heterocycles. The molecule has 0 aliphatic heterocycles. The standard InChI is InChI=1S/C13H16BrN3O4/c1-2-16-11(18)6-17-12(19)7-21-13(20)9-5-8(14)3-4-10(9)15/h3-5H,2,6-7,15H2,1H3,(H,16,18)(H,17,19). The molecule has 0 atom stereocenters. The summed E-state index contributed by atoms with van der Waals surface area (Å²) in [5.74, 6) is -1.58. The van der Waals surface area contributed by atoms with Gasteiger partial charge >= 0.3 is 5.97 Å². The molecule has 0 heterocycles. The first-order chi connectivity index (χ1) is 9.93. The van der Waals surface area contributed by atoms with E-state index in [0.717, 1.165) is 0 Å². The molecule has 7 nitrogen and oxygen atoms in total. The maximum Gasteiger partial charge on any atom is 0.340 e. The monoisotopic (exact) mass is 357 g/mol. The second kappa shape index (κ2) is 8.25. The van der Waals surface area contributed by atoms with Crippen molar-refractivity contribution in [1.82, 2.24) is 10.6 Å². The molecule has 114 valence electrons. The third-order valence-corrected chi connectivity index (χ3v) is 2.88. The topological polar surface area (TPSA) is 111 Å². The summed E-state index contributed by atoms with van der Waals surface area (Å²) in [6, 6.07) is 4.74. The van der Waals surface area contributed by atoms with E-state index in [1.165, 1.54) is 6.07 Å². The lowest BCUT2D eigenvalue weighted by atomic mass is 10.2. The SMILES string of the molecule is CCNC(=O)CNC(=O)COC(=O)c1cc(Br)ccc1N. The molecule has 0 radical (unpaired) electrons. The molecule has 0 bridgehead atoms. The fourth-order valence-electron chi connectivity index (χ4n) is 1.40. The Kier molecular flexibility index (Phi) is 6.67. The van der Waals surface area contributed by atoms with Crippen LogP contribution in [0.3, 0.4) is 0 Å². The molecule has 0 aliphatic carbocycles. The summed E-state index contributed by atoms with van der Waals surface area (Å²) >= 11 is 3.21. The van der Waals surface area contributed by atoms with Crippen molar-refractivity contribution in [3.63, 3.8) is 0 Å². The second-order valence-electron chi connectivity index (χ2n) is 4.04. The zero-order valence-corrected chi connectivity index (χ0v) is 13.0. The van der Waals surface area contributed by atoms with Crippen molar-refractivity contribution in [2.45, 2.75) is 6.92 Å². The van der Waals surface area contributed by atoms with E-state index in [2.05, 4.69) is 26.6 Å². The highest BCUT2D eigenvalue weighted by molar-refractivity contribution is 9.10. The number of ether oxygens (including phenoxy) is 1. The number of carbonyl (C=O) groups is 3. The van der Waals surface area contributed by atoms with Crippen LogP contribution < -0.4 is 16.4 Å². The van der Waals surface area contributed by atoms with E-state index in [9.17, 15) is 14.4 Å². The number of halogens is 1. The Bertz CT molecular complexity index is 548. The molecule has 0 saturated heterocycles. The minimum Gasteiger partial charge on any atom is -0.452 e. The summed E-state index contributed by atoms with van der Waals surface area (Å²) in [5, 5.41) is 4.85. The van der Waals surface area contributed by atoms with E-state index in [1.54, 1.807) is 19.1 Å². The first kappa shape index (κ1) is 17.0. The number of anilines is 1.